The average molecular weight is 267 g/mol. The third-order valence-electron chi connectivity index (χ3n) is 3.91. The zero-order valence-electron chi connectivity index (χ0n) is 11.7. The van der Waals surface area contributed by atoms with E-state index in [2.05, 4.69) is 32.2 Å². The number of aliphatic hydroxyl groups is 1. The van der Waals surface area contributed by atoms with Crippen LogP contribution in [0.4, 0.5) is 0 Å². The van der Waals surface area contributed by atoms with E-state index in [1.54, 1.807) is 10.4 Å². The van der Waals surface area contributed by atoms with Crippen LogP contribution in [0.15, 0.2) is 6.07 Å². The van der Waals surface area contributed by atoms with Crippen molar-refractivity contribution in [2.45, 2.75) is 58.5 Å². The molecule has 0 saturated heterocycles. The Labute approximate surface area is 114 Å². The van der Waals surface area contributed by atoms with E-state index >= 15 is 0 Å². The van der Waals surface area contributed by atoms with E-state index in [4.69, 9.17) is 0 Å². The van der Waals surface area contributed by atoms with Crippen LogP contribution in [0.1, 0.15) is 55.0 Å². The first kappa shape index (κ1) is 14.0. The Bertz CT molecular complexity index is 362. The fraction of sp³-hybridized carbons (Fsp3) is 0.733. The molecule has 3 heteroatoms. The van der Waals surface area contributed by atoms with Gasteiger partial charge in [0.1, 0.15) is 0 Å². The number of aryl methyl sites for hydroxylation is 2. The Kier molecular flexibility index (Phi) is 4.82. The van der Waals surface area contributed by atoms with Gasteiger partial charge in [-0.2, -0.15) is 0 Å². The molecule has 0 saturated carbocycles. The molecule has 1 heterocycles. The summed E-state index contributed by atoms with van der Waals surface area (Å²) in [5.74, 6) is 0.465. The van der Waals surface area contributed by atoms with E-state index in [1.807, 2.05) is 11.3 Å². The number of thiophene rings is 1. The molecule has 2 N–H and O–H groups in total. The summed E-state index contributed by atoms with van der Waals surface area (Å²) in [6.45, 7) is 6.73. The third-order valence-corrected chi connectivity index (χ3v) is 5.33. The van der Waals surface area contributed by atoms with E-state index in [0.717, 1.165) is 0 Å². The molecule has 0 radical (unpaired) electrons. The first-order valence-electron chi connectivity index (χ1n) is 7.10. The van der Waals surface area contributed by atoms with Crippen LogP contribution in [-0.4, -0.2) is 17.8 Å². The summed E-state index contributed by atoms with van der Waals surface area (Å²) in [5, 5.41) is 12.9. The van der Waals surface area contributed by atoms with Crippen LogP contribution in [0.3, 0.4) is 0 Å². The van der Waals surface area contributed by atoms with E-state index in [0.29, 0.717) is 12.0 Å². The number of hydrogen-bond acceptors (Lipinski definition) is 3. The highest BCUT2D eigenvalue weighted by atomic mass is 32.1. The molecule has 2 rings (SSSR count). The predicted octanol–water partition coefficient (Wildman–Crippen LogP) is 3.29. The molecule has 1 aromatic heterocycles. The maximum Gasteiger partial charge on any atom is 0.0587 e. The zero-order valence-corrected chi connectivity index (χ0v) is 12.5. The lowest BCUT2D eigenvalue weighted by atomic mass is 9.98. The Morgan fingerprint density at radius 3 is 2.61 bits per heavy atom. The van der Waals surface area contributed by atoms with Gasteiger partial charge < -0.3 is 10.4 Å². The predicted molar refractivity (Wildman–Crippen MR) is 78.2 cm³/mol. The summed E-state index contributed by atoms with van der Waals surface area (Å²) >= 11 is 1.96. The van der Waals surface area contributed by atoms with E-state index in [1.165, 1.54) is 30.6 Å². The van der Waals surface area contributed by atoms with E-state index in [9.17, 15) is 5.11 Å². The molecule has 0 amide bonds. The molecule has 0 fully saturated rings. The molecule has 18 heavy (non-hydrogen) atoms. The smallest absolute Gasteiger partial charge is 0.0587 e. The van der Waals surface area contributed by atoms with Crippen LogP contribution in [0, 0.1) is 5.92 Å². The summed E-state index contributed by atoms with van der Waals surface area (Å²) in [6.07, 6.45) is 5.21. The average Bonchev–Trinajstić information content (AvgIpc) is 2.79. The molecule has 0 aromatic carbocycles. The maximum absolute atomic E-state index is 9.40. The summed E-state index contributed by atoms with van der Waals surface area (Å²) in [6, 6.07) is 2.92. The minimum Gasteiger partial charge on any atom is -0.395 e. The van der Waals surface area contributed by atoms with Crippen molar-refractivity contribution in [3.8, 4) is 0 Å². The van der Waals surface area contributed by atoms with Crippen molar-refractivity contribution in [2.75, 3.05) is 6.61 Å². The van der Waals surface area contributed by atoms with Crippen LogP contribution < -0.4 is 5.32 Å². The first-order valence-corrected chi connectivity index (χ1v) is 7.92. The van der Waals surface area contributed by atoms with E-state index in [-0.39, 0.29) is 12.6 Å². The van der Waals surface area contributed by atoms with Gasteiger partial charge in [-0.15, -0.1) is 11.3 Å². The van der Waals surface area contributed by atoms with Crippen LogP contribution in [0.5, 0.6) is 0 Å². The van der Waals surface area contributed by atoms with Crippen LogP contribution >= 0.6 is 11.3 Å². The normalized spacial score (nSPS) is 18.7. The lowest BCUT2D eigenvalue weighted by Crippen LogP contribution is -2.38. The van der Waals surface area contributed by atoms with Crippen molar-refractivity contribution in [1.29, 1.82) is 0 Å². The van der Waals surface area contributed by atoms with Gasteiger partial charge in [0.15, 0.2) is 0 Å². The van der Waals surface area contributed by atoms with Gasteiger partial charge in [0.2, 0.25) is 0 Å². The largest absolute Gasteiger partial charge is 0.395 e. The van der Waals surface area contributed by atoms with Gasteiger partial charge in [-0.3, -0.25) is 0 Å². The molecule has 1 aromatic rings. The summed E-state index contributed by atoms with van der Waals surface area (Å²) < 4.78 is 0. The number of nitrogens with one attached hydrogen (secondary N) is 1. The van der Waals surface area contributed by atoms with E-state index < -0.39 is 0 Å². The second kappa shape index (κ2) is 6.18. The quantitative estimate of drug-likeness (QED) is 0.858. The van der Waals surface area contributed by atoms with Crippen molar-refractivity contribution in [1.82, 2.24) is 5.32 Å². The van der Waals surface area contributed by atoms with Crippen LogP contribution in [0.2, 0.25) is 0 Å². The molecule has 0 bridgehead atoms. The maximum atomic E-state index is 9.40. The molecular weight excluding hydrogens is 242 g/mol. The number of aliphatic hydroxyl groups excluding tert-OH is 1. The molecule has 0 spiro atoms. The summed E-state index contributed by atoms with van der Waals surface area (Å²) in [5.41, 5.74) is 1.57. The number of hydrogen-bond donors (Lipinski definition) is 2. The van der Waals surface area contributed by atoms with Gasteiger partial charge in [-0.25, -0.2) is 0 Å². The molecule has 1 aliphatic carbocycles. The molecule has 0 aliphatic heterocycles. The molecule has 2 unspecified atom stereocenters. The molecular formula is C15H25NOS. The van der Waals surface area contributed by atoms with Gasteiger partial charge >= 0.3 is 0 Å². The van der Waals surface area contributed by atoms with Gasteiger partial charge in [0.05, 0.1) is 6.61 Å². The van der Waals surface area contributed by atoms with Crippen molar-refractivity contribution in [3.63, 3.8) is 0 Å². The molecule has 102 valence electrons. The first-order chi connectivity index (χ1) is 8.61. The SMILES string of the molecule is CC(NC(CO)C(C)C)c1cc2c(s1)CCCC2. The van der Waals surface area contributed by atoms with Crippen molar-refractivity contribution >= 4 is 11.3 Å². The van der Waals surface area contributed by atoms with Gasteiger partial charge in [0, 0.05) is 21.8 Å². The lowest BCUT2D eigenvalue weighted by molar-refractivity contribution is 0.202. The Morgan fingerprint density at radius 2 is 2.00 bits per heavy atom. The monoisotopic (exact) mass is 267 g/mol. The van der Waals surface area contributed by atoms with Crippen LogP contribution in [0.25, 0.3) is 0 Å². The Morgan fingerprint density at radius 1 is 1.28 bits per heavy atom. The van der Waals surface area contributed by atoms with Gasteiger partial charge in [0.25, 0.3) is 0 Å². The number of rotatable bonds is 5. The highest BCUT2D eigenvalue weighted by Gasteiger charge is 2.20. The Hall–Kier alpha value is -0.380. The van der Waals surface area contributed by atoms with Crippen molar-refractivity contribution in [3.05, 3.63) is 21.4 Å². The van der Waals surface area contributed by atoms with Crippen molar-refractivity contribution in [2.24, 2.45) is 5.92 Å². The fourth-order valence-corrected chi connectivity index (χ4v) is 3.86. The fourth-order valence-electron chi connectivity index (χ4n) is 2.59. The summed E-state index contributed by atoms with van der Waals surface area (Å²) in [4.78, 5) is 3.02. The highest BCUT2D eigenvalue weighted by Crippen LogP contribution is 2.33. The zero-order chi connectivity index (χ0) is 13.1. The summed E-state index contributed by atoms with van der Waals surface area (Å²) in [7, 11) is 0. The molecule has 2 nitrogen and oxygen atoms in total. The highest BCUT2D eigenvalue weighted by molar-refractivity contribution is 7.12. The minimum absolute atomic E-state index is 0.194. The van der Waals surface area contributed by atoms with Crippen LogP contribution in [-0.2, 0) is 12.8 Å². The van der Waals surface area contributed by atoms with Gasteiger partial charge in [-0.05, 0) is 50.2 Å². The second-order valence-electron chi connectivity index (χ2n) is 5.73. The van der Waals surface area contributed by atoms with Gasteiger partial charge in [-0.1, -0.05) is 13.8 Å². The minimum atomic E-state index is 0.194. The second-order valence-corrected chi connectivity index (χ2v) is 6.89. The standard InChI is InChI=1S/C15H25NOS/c1-10(2)13(9-17)16-11(3)15-8-12-6-4-5-7-14(12)18-15/h8,10-11,13,16-17H,4-7,9H2,1-3H3. The Balaban J connectivity index is 2.04. The van der Waals surface area contributed by atoms with Crippen molar-refractivity contribution < 1.29 is 5.11 Å². The topological polar surface area (TPSA) is 32.3 Å². The molecule has 1 aliphatic rings. The lowest BCUT2D eigenvalue weighted by Gasteiger charge is -2.24. The molecule has 2 atom stereocenters. The number of fused-ring (bicyclic) bond motifs is 1. The third kappa shape index (κ3) is 3.14.